The Hall–Kier alpha value is -3.58. The molecule has 222 valence electrons. The Bertz CT molecular complexity index is 1580. The Morgan fingerprint density at radius 2 is 1.81 bits per heavy atom. The van der Waals surface area contributed by atoms with Crippen molar-refractivity contribution in [2.75, 3.05) is 35.3 Å². The quantitative estimate of drug-likeness (QED) is 0.411. The average Bonchev–Trinajstić information content (AvgIpc) is 2.90. The predicted molar refractivity (Wildman–Crippen MR) is 172 cm³/mol. The smallest absolute Gasteiger partial charge is 0.123 e. The zero-order valence-corrected chi connectivity index (χ0v) is 26.1. The summed E-state index contributed by atoms with van der Waals surface area (Å²) in [4.78, 5) is 4.11. The zero-order valence-electron chi connectivity index (χ0n) is 26.1. The van der Waals surface area contributed by atoms with E-state index in [2.05, 4.69) is 76.0 Å². The molecule has 0 amide bonds. The van der Waals surface area contributed by atoms with E-state index in [9.17, 15) is 10.2 Å². The van der Waals surface area contributed by atoms with Crippen LogP contribution in [0.5, 0.6) is 5.75 Å². The van der Waals surface area contributed by atoms with E-state index in [-0.39, 0.29) is 23.3 Å². The molecule has 2 aromatic carbocycles. The lowest BCUT2D eigenvalue weighted by atomic mass is 9.55. The number of aliphatic hydroxyl groups is 2. The number of methoxy groups -OCH3 is 1. The van der Waals surface area contributed by atoms with E-state index in [4.69, 9.17) is 10.5 Å². The van der Waals surface area contributed by atoms with Gasteiger partial charge < -0.3 is 25.6 Å². The van der Waals surface area contributed by atoms with Gasteiger partial charge in [-0.15, -0.1) is 0 Å². The second-order valence-corrected chi connectivity index (χ2v) is 12.7. The Labute approximate surface area is 250 Å². The molecule has 4 N–H and O–H groups in total. The molecule has 1 unspecified atom stereocenters. The number of allylic oxidation sites excluding steroid dienone is 3. The molecular formula is C36H45N3O3. The van der Waals surface area contributed by atoms with Gasteiger partial charge >= 0.3 is 0 Å². The van der Waals surface area contributed by atoms with Gasteiger partial charge in [0.15, 0.2) is 0 Å². The van der Waals surface area contributed by atoms with E-state index < -0.39 is 11.6 Å². The highest BCUT2D eigenvalue weighted by molar-refractivity contribution is 5.89. The number of nitrogens with two attached hydrogens (primary N) is 1. The minimum Gasteiger partial charge on any atom is -0.510 e. The number of rotatable bonds is 6. The van der Waals surface area contributed by atoms with Gasteiger partial charge in [-0.3, -0.25) is 4.90 Å². The largest absolute Gasteiger partial charge is 0.510 e. The number of aliphatic hydroxyl groups excluding tert-OH is 1. The number of likely N-dealkylation sites (N-methyl/N-ethyl adjacent to an activating group) is 1. The lowest BCUT2D eigenvalue weighted by Crippen LogP contribution is -2.58. The molecule has 0 spiro atoms. The van der Waals surface area contributed by atoms with Gasteiger partial charge in [-0.25, -0.2) is 0 Å². The highest BCUT2D eigenvalue weighted by atomic mass is 16.5. The average molecular weight is 568 g/mol. The zero-order chi connectivity index (χ0) is 30.8. The number of hydrogen-bond acceptors (Lipinski definition) is 6. The van der Waals surface area contributed by atoms with E-state index >= 15 is 0 Å². The summed E-state index contributed by atoms with van der Waals surface area (Å²) in [6.45, 7) is 17.7. The Morgan fingerprint density at radius 1 is 1.12 bits per heavy atom. The summed E-state index contributed by atoms with van der Waals surface area (Å²) < 4.78 is 5.68. The van der Waals surface area contributed by atoms with Crippen molar-refractivity contribution in [3.63, 3.8) is 0 Å². The maximum absolute atomic E-state index is 12.6. The number of ether oxygens (including phenoxy) is 1. The number of hydrogen-bond donors (Lipinski definition) is 3. The van der Waals surface area contributed by atoms with Crippen molar-refractivity contribution in [2.45, 2.75) is 44.9 Å². The fourth-order valence-electron chi connectivity index (χ4n) is 7.96. The van der Waals surface area contributed by atoms with Crippen LogP contribution in [0.1, 0.15) is 35.6 Å². The molecule has 5 rings (SSSR count). The third kappa shape index (κ3) is 4.36. The molecular weight excluding hydrogens is 522 g/mol. The molecule has 2 aromatic rings. The molecule has 0 aliphatic heterocycles. The van der Waals surface area contributed by atoms with Gasteiger partial charge in [-0.1, -0.05) is 37.9 Å². The molecule has 0 fully saturated rings. The summed E-state index contributed by atoms with van der Waals surface area (Å²) in [5.41, 5.74) is 15.7. The standard InChI is InChI=1S/C36H45N3O3/c1-19-11-13-27(24-12-14-30(42-10)26(15-24)18-38(6)7)28-16-25-17-29-34(39(8)9)35(40)33(23(5)37)22(4)36(29,41)21(3)32(25)20(2)31(19)28/h11-15,25,29,34,40-41H,2,4-5,16-18,37H2,1,3,6-10H3/t25-,29-,34?,36-/m0/s1. The van der Waals surface area contributed by atoms with Crippen molar-refractivity contribution in [1.29, 1.82) is 0 Å². The van der Waals surface area contributed by atoms with Crippen molar-refractivity contribution in [3.05, 3.63) is 106 Å². The van der Waals surface area contributed by atoms with E-state index in [1.54, 1.807) is 7.11 Å². The summed E-state index contributed by atoms with van der Waals surface area (Å²) in [7, 11) is 9.68. The molecule has 0 aromatic heterocycles. The summed E-state index contributed by atoms with van der Waals surface area (Å²) >= 11 is 0. The topological polar surface area (TPSA) is 82.2 Å². The summed E-state index contributed by atoms with van der Waals surface area (Å²) in [5, 5.41) is 24.0. The molecule has 4 atom stereocenters. The van der Waals surface area contributed by atoms with Crippen LogP contribution in [0.15, 0.2) is 83.8 Å². The van der Waals surface area contributed by atoms with E-state index in [0.717, 1.165) is 57.7 Å². The number of fused-ring (bicyclic) bond motifs is 3. The molecule has 0 radical (unpaired) electrons. The molecule has 6 heteroatoms. The first-order valence-corrected chi connectivity index (χ1v) is 14.6. The fourth-order valence-corrected chi connectivity index (χ4v) is 7.96. The van der Waals surface area contributed by atoms with Crippen molar-refractivity contribution in [2.24, 2.45) is 17.6 Å². The highest BCUT2D eigenvalue weighted by Crippen LogP contribution is 2.58. The van der Waals surface area contributed by atoms with Crippen molar-refractivity contribution >= 4 is 5.57 Å². The first-order chi connectivity index (χ1) is 19.7. The van der Waals surface area contributed by atoms with Gasteiger partial charge in [0.05, 0.1) is 13.2 Å². The van der Waals surface area contributed by atoms with E-state index in [1.807, 2.05) is 25.9 Å². The van der Waals surface area contributed by atoms with Crippen LogP contribution in [0.2, 0.25) is 0 Å². The maximum Gasteiger partial charge on any atom is 0.123 e. The molecule has 6 nitrogen and oxygen atoms in total. The first kappa shape index (κ1) is 29.9. The molecule has 0 bridgehead atoms. The number of benzene rings is 2. The minimum absolute atomic E-state index is 0.126. The third-order valence-corrected chi connectivity index (χ3v) is 9.69. The molecule has 3 aliphatic carbocycles. The van der Waals surface area contributed by atoms with Gasteiger partial charge in [-0.05, 0) is 123 Å². The van der Waals surface area contributed by atoms with Gasteiger partial charge in [0, 0.05) is 29.3 Å². The monoisotopic (exact) mass is 567 g/mol. The second kappa shape index (κ2) is 10.6. The highest BCUT2D eigenvalue weighted by Gasteiger charge is 2.57. The Kier molecular flexibility index (Phi) is 7.55. The fraction of sp³-hybridized carbons (Fsp3) is 0.389. The SMILES string of the molecule is C=C(N)C1=C(O)C(N(C)C)[C@@H]2C[C@@H]3Cc4c(-c5ccc(OC)c(CN(C)C)c5)ccc(C)c4C(=C)C3=C(C)[C@]2(O)C1=C. The van der Waals surface area contributed by atoms with Gasteiger partial charge in [0.1, 0.15) is 17.1 Å². The van der Waals surface area contributed by atoms with Gasteiger partial charge in [0.2, 0.25) is 0 Å². The second-order valence-electron chi connectivity index (χ2n) is 12.7. The van der Waals surface area contributed by atoms with Gasteiger partial charge in [0.25, 0.3) is 0 Å². The van der Waals surface area contributed by atoms with Crippen molar-refractivity contribution in [1.82, 2.24) is 9.80 Å². The van der Waals surface area contributed by atoms with E-state index in [1.165, 1.54) is 11.1 Å². The van der Waals surface area contributed by atoms with Gasteiger partial charge in [-0.2, -0.15) is 0 Å². The lowest BCUT2D eigenvalue weighted by Gasteiger charge is -2.54. The van der Waals surface area contributed by atoms with Crippen LogP contribution in [0.3, 0.4) is 0 Å². The van der Waals surface area contributed by atoms with Crippen LogP contribution in [0.4, 0.5) is 0 Å². The molecule has 0 saturated heterocycles. The summed E-state index contributed by atoms with van der Waals surface area (Å²) in [5.74, 6) is 0.819. The molecule has 0 saturated carbocycles. The third-order valence-electron chi connectivity index (χ3n) is 9.69. The normalized spacial score (nSPS) is 25.5. The molecule has 3 aliphatic rings. The summed E-state index contributed by atoms with van der Waals surface area (Å²) in [6.07, 6.45) is 1.48. The first-order valence-electron chi connectivity index (χ1n) is 14.6. The minimum atomic E-state index is -1.38. The summed E-state index contributed by atoms with van der Waals surface area (Å²) in [6, 6.07) is 10.4. The van der Waals surface area contributed by atoms with Crippen LogP contribution in [0, 0.1) is 18.8 Å². The predicted octanol–water partition coefficient (Wildman–Crippen LogP) is 5.77. The van der Waals surface area contributed by atoms with E-state index in [0.29, 0.717) is 17.6 Å². The molecule has 0 heterocycles. The van der Waals surface area contributed by atoms with Crippen molar-refractivity contribution < 1.29 is 14.9 Å². The number of nitrogens with zero attached hydrogens (tertiary/aromatic N) is 2. The lowest BCUT2D eigenvalue weighted by molar-refractivity contribution is -0.0178. The van der Waals surface area contributed by atoms with Crippen LogP contribution in [-0.4, -0.2) is 67.0 Å². The van der Waals surface area contributed by atoms with Crippen molar-refractivity contribution in [3.8, 4) is 16.9 Å². The maximum atomic E-state index is 12.6. The molecule has 42 heavy (non-hydrogen) atoms. The van der Waals surface area contributed by atoms with Crippen LogP contribution < -0.4 is 10.5 Å². The van der Waals surface area contributed by atoms with Crippen LogP contribution in [-0.2, 0) is 13.0 Å². The van der Waals surface area contributed by atoms with Crippen LogP contribution >= 0.6 is 0 Å². The number of aryl methyl sites for hydroxylation is 1. The van der Waals surface area contributed by atoms with Crippen LogP contribution in [0.25, 0.3) is 16.7 Å². The Morgan fingerprint density at radius 3 is 2.40 bits per heavy atom. The Balaban J connectivity index is 1.69.